The molecule has 0 aliphatic carbocycles. The van der Waals surface area contributed by atoms with Crippen molar-refractivity contribution in [3.63, 3.8) is 0 Å². The Morgan fingerprint density at radius 3 is 2.67 bits per heavy atom. The van der Waals surface area contributed by atoms with Gasteiger partial charge in [0.1, 0.15) is 23.2 Å². The molecule has 1 aromatic heterocycles. The quantitative estimate of drug-likeness (QED) is 0.503. The van der Waals surface area contributed by atoms with Crippen LogP contribution < -0.4 is 19.6 Å². The Balaban J connectivity index is 1.32. The van der Waals surface area contributed by atoms with E-state index in [0.29, 0.717) is 48.4 Å². The van der Waals surface area contributed by atoms with Gasteiger partial charge >= 0.3 is 0 Å². The van der Waals surface area contributed by atoms with Gasteiger partial charge in [-0.25, -0.2) is 10.4 Å². The fourth-order valence-corrected chi connectivity index (χ4v) is 4.66. The molecule has 1 amide bonds. The zero-order valence-electron chi connectivity index (χ0n) is 20.9. The summed E-state index contributed by atoms with van der Waals surface area (Å²) in [6, 6.07) is 13.1. The summed E-state index contributed by atoms with van der Waals surface area (Å²) >= 11 is 0. The molecular formula is C27H30N4O5. The first-order valence-electron chi connectivity index (χ1n) is 12.0. The second-order valence-electron chi connectivity index (χ2n) is 8.67. The molecule has 2 unspecified atom stereocenters. The van der Waals surface area contributed by atoms with Gasteiger partial charge in [-0.1, -0.05) is 18.2 Å². The third kappa shape index (κ3) is 4.37. The topological polar surface area (TPSA) is 89.3 Å². The number of benzene rings is 2. The Morgan fingerprint density at radius 1 is 1.08 bits per heavy atom. The Kier molecular flexibility index (Phi) is 6.56. The molecule has 0 spiro atoms. The van der Waals surface area contributed by atoms with E-state index in [1.165, 1.54) is 0 Å². The molecule has 2 atom stereocenters. The molecule has 1 saturated heterocycles. The molecule has 1 fully saturated rings. The van der Waals surface area contributed by atoms with E-state index in [-0.39, 0.29) is 18.0 Å². The molecule has 5 rings (SSSR count). The monoisotopic (exact) mass is 490 g/mol. The van der Waals surface area contributed by atoms with Crippen LogP contribution in [0.5, 0.6) is 17.2 Å². The van der Waals surface area contributed by atoms with E-state index in [1.54, 1.807) is 25.3 Å². The summed E-state index contributed by atoms with van der Waals surface area (Å²) in [6.07, 6.45) is 4.31. The zero-order valence-corrected chi connectivity index (χ0v) is 20.9. The highest BCUT2D eigenvalue weighted by Gasteiger charge is 2.41. The molecule has 9 heteroatoms. The van der Waals surface area contributed by atoms with Crippen molar-refractivity contribution in [3.8, 4) is 28.7 Å². The fraction of sp³-hybridized carbons (Fsp3) is 0.333. The van der Waals surface area contributed by atoms with Crippen molar-refractivity contribution in [1.82, 2.24) is 20.3 Å². The van der Waals surface area contributed by atoms with E-state index < -0.39 is 0 Å². The highest BCUT2D eigenvalue weighted by molar-refractivity contribution is 5.84. The van der Waals surface area contributed by atoms with Crippen molar-refractivity contribution in [1.29, 1.82) is 0 Å². The van der Waals surface area contributed by atoms with Gasteiger partial charge in [0, 0.05) is 23.5 Å². The van der Waals surface area contributed by atoms with Crippen LogP contribution in [0.1, 0.15) is 36.4 Å². The summed E-state index contributed by atoms with van der Waals surface area (Å²) in [5, 5.41) is 1.88. The Morgan fingerprint density at radius 2 is 1.89 bits per heavy atom. The van der Waals surface area contributed by atoms with E-state index in [2.05, 4.69) is 5.43 Å². The second-order valence-corrected chi connectivity index (χ2v) is 8.67. The maximum absolute atomic E-state index is 13.4. The smallest absolute Gasteiger partial charge is 0.251 e. The predicted octanol–water partition coefficient (Wildman–Crippen LogP) is 4.20. The Bertz CT molecular complexity index is 1290. The van der Waals surface area contributed by atoms with E-state index >= 15 is 0 Å². The van der Waals surface area contributed by atoms with Crippen molar-refractivity contribution >= 4 is 5.91 Å². The number of nitrogens with one attached hydrogen (secondary N) is 1. The second kappa shape index (κ2) is 9.94. The minimum Gasteiger partial charge on any atom is -0.496 e. The van der Waals surface area contributed by atoms with Gasteiger partial charge in [-0.05, 0) is 44.5 Å². The maximum atomic E-state index is 13.4. The third-order valence-corrected chi connectivity index (χ3v) is 6.51. The van der Waals surface area contributed by atoms with E-state index in [0.717, 1.165) is 16.9 Å². The van der Waals surface area contributed by atoms with Gasteiger partial charge in [-0.15, -0.1) is 0 Å². The number of para-hydroxylation sites is 1. The number of nitrogens with zero attached hydrogens (tertiary/aromatic N) is 3. The first-order chi connectivity index (χ1) is 17.5. The summed E-state index contributed by atoms with van der Waals surface area (Å²) in [4.78, 5) is 19.8. The van der Waals surface area contributed by atoms with Crippen LogP contribution in [0.2, 0.25) is 0 Å². The molecule has 1 N–H and O–H groups in total. The van der Waals surface area contributed by atoms with Gasteiger partial charge in [0.2, 0.25) is 5.89 Å². The highest BCUT2D eigenvalue weighted by atomic mass is 16.5. The van der Waals surface area contributed by atoms with Crippen molar-refractivity contribution < 1.29 is 23.4 Å². The molecule has 3 heterocycles. The van der Waals surface area contributed by atoms with E-state index in [4.69, 9.17) is 23.6 Å². The van der Waals surface area contributed by atoms with Crippen LogP contribution in [0.25, 0.3) is 11.5 Å². The largest absolute Gasteiger partial charge is 0.496 e. The normalized spacial score (nSPS) is 18.9. The number of hydrogen-bond donors (Lipinski definition) is 1. The number of methoxy groups -OCH3 is 2. The predicted molar refractivity (Wildman–Crippen MR) is 133 cm³/mol. The minimum atomic E-state index is -0.313. The Labute approximate surface area is 210 Å². The molecule has 9 nitrogen and oxygen atoms in total. The summed E-state index contributed by atoms with van der Waals surface area (Å²) in [7, 11) is 3.26. The molecule has 2 aliphatic rings. The summed E-state index contributed by atoms with van der Waals surface area (Å²) in [5.74, 6) is 3.22. The van der Waals surface area contributed by atoms with Gasteiger partial charge in [0.25, 0.3) is 5.91 Å². The number of rotatable bonds is 8. The number of carbonyl (C=O) groups excluding carboxylic acids is 1. The number of hydrazine groups is 1. The summed E-state index contributed by atoms with van der Waals surface area (Å²) in [6.45, 7) is 4.65. The van der Waals surface area contributed by atoms with Crippen LogP contribution in [0, 0.1) is 6.92 Å². The highest BCUT2D eigenvalue weighted by Crippen LogP contribution is 2.36. The van der Waals surface area contributed by atoms with Crippen LogP contribution in [-0.2, 0) is 11.3 Å². The first kappa shape index (κ1) is 23.7. The lowest BCUT2D eigenvalue weighted by atomic mass is 10.00. The van der Waals surface area contributed by atoms with Crippen LogP contribution in [0.3, 0.4) is 0 Å². The molecule has 3 aromatic rings. The molecule has 0 saturated carbocycles. The van der Waals surface area contributed by atoms with Gasteiger partial charge in [-0.3, -0.25) is 4.79 Å². The third-order valence-electron chi connectivity index (χ3n) is 6.51. The lowest BCUT2D eigenvalue weighted by Crippen LogP contribution is -2.47. The first-order valence-corrected chi connectivity index (χ1v) is 12.0. The van der Waals surface area contributed by atoms with Gasteiger partial charge in [0.05, 0.1) is 33.4 Å². The summed E-state index contributed by atoms with van der Waals surface area (Å²) in [5.41, 5.74) is 5.93. The number of amides is 1. The van der Waals surface area contributed by atoms with Crippen molar-refractivity contribution in [2.45, 2.75) is 38.9 Å². The molecule has 2 aromatic carbocycles. The van der Waals surface area contributed by atoms with Crippen molar-refractivity contribution in [2.75, 3.05) is 20.8 Å². The summed E-state index contributed by atoms with van der Waals surface area (Å²) < 4.78 is 22.5. The number of oxazole rings is 1. The zero-order chi connectivity index (χ0) is 25.2. The van der Waals surface area contributed by atoms with E-state index in [1.807, 2.05) is 67.5 Å². The molecule has 36 heavy (non-hydrogen) atoms. The Hall–Kier alpha value is -3.98. The van der Waals surface area contributed by atoms with Crippen LogP contribution >= 0.6 is 0 Å². The number of fused-ring (bicyclic) bond motifs is 1. The van der Waals surface area contributed by atoms with Crippen LogP contribution in [0.15, 0.2) is 59.3 Å². The molecule has 0 bridgehead atoms. The van der Waals surface area contributed by atoms with Gasteiger partial charge in [0.15, 0.2) is 11.5 Å². The molecular weight excluding hydrogens is 460 g/mol. The average Bonchev–Trinajstić information content (AvgIpc) is 3.50. The molecule has 2 aliphatic heterocycles. The van der Waals surface area contributed by atoms with Crippen LogP contribution in [0.4, 0.5) is 0 Å². The minimum absolute atomic E-state index is 0.00841. The van der Waals surface area contributed by atoms with Crippen molar-refractivity contribution in [3.05, 3.63) is 71.9 Å². The SMILES string of the molecule is CCOc1ccc(-c2nc(CN3C=CN4NC(c5ccccc5OC)CC4C3=O)c(C)o2)cc1OC. The number of aromatic nitrogens is 1. The standard InChI is InChI=1S/C27H30N4O5/c1-5-35-24-11-10-18(14-25(24)34-4)26-28-21(17(2)36-26)16-30-12-13-31-22(27(30)32)15-20(29-31)19-8-6-7-9-23(19)33-3/h6-14,20,22,29H,5,15-16H2,1-4H3. The molecule has 188 valence electrons. The number of hydrogen-bond acceptors (Lipinski definition) is 8. The van der Waals surface area contributed by atoms with Gasteiger partial charge in [-0.2, -0.15) is 0 Å². The number of ether oxygens (including phenoxy) is 3. The molecule has 0 radical (unpaired) electrons. The lowest BCUT2D eigenvalue weighted by molar-refractivity contribution is -0.135. The van der Waals surface area contributed by atoms with Crippen molar-refractivity contribution in [2.24, 2.45) is 0 Å². The lowest BCUT2D eigenvalue weighted by Gasteiger charge is -2.31. The maximum Gasteiger partial charge on any atom is 0.251 e. The number of aryl methyl sites for hydroxylation is 1. The van der Waals surface area contributed by atoms with Crippen LogP contribution in [-0.4, -0.2) is 47.7 Å². The average molecular weight is 491 g/mol. The van der Waals surface area contributed by atoms with E-state index in [9.17, 15) is 4.79 Å². The number of carbonyl (C=O) groups is 1. The fourth-order valence-electron chi connectivity index (χ4n) is 4.66. The van der Waals surface area contributed by atoms with Gasteiger partial charge < -0.3 is 28.5 Å².